The molecule has 4 heterocycles. The zero-order valence-corrected chi connectivity index (χ0v) is 21.3. The van der Waals surface area contributed by atoms with Gasteiger partial charge in [-0.05, 0) is 18.7 Å². The lowest BCUT2D eigenvalue weighted by atomic mass is 10.1. The highest BCUT2D eigenvalue weighted by molar-refractivity contribution is 7.17. The molecule has 2 N–H and O–H groups in total. The number of carbonyl (C=O) groups is 2. The molecule has 17 heteroatoms. The van der Waals surface area contributed by atoms with Crippen LogP contribution in [0.25, 0.3) is 21.3 Å². The predicted octanol–water partition coefficient (Wildman–Crippen LogP) is 4.17. The summed E-state index contributed by atoms with van der Waals surface area (Å²) in [4.78, 5) is 37.1. The van der Waals surface area contributed by atoms with Gasteiger partial charge in [0.1, 0.15) is 17.0 Å². The Morgan fingerprint density at radius 3 is 2.03 bits per heavy atom. The molecule has 10 nitrogen and oxygen atoms in total. The van der Waals surface area contributed by atoms with Gasteiger partial charge in [0.25, 0.3) is 0 Å². The first-order valence-corrected chi connectivity index (χ1v) is 11.9. The molecule has 3 aromatic heterocycles. The Labute approximate surface area is 221 Å². The van der Waals surface area contributed by atoms with Gasteiger partial charge in [-0.3, -0.25) is 0 Å². The predicted molar refractivity (Wildman–Crippen MR) is 129 cm³/mol. The Morgan fingerprint density at radius 2 is 1.54 bits per heavy atom. The number of carboxylic acids is 2. The third-order valence-corrected chi connectivity index (χ3v) is 6.10. The first-order valence-electron chi connectivity index (χ1n) is 11.0. The Bertz CT molecular complexity index is 1240. The van der Waals surface area contributed by atoms with E-state index in [2.05, 4.69) is 37.1 Å². The number of hydrogen-bond donors (Lipinski definition) is 2. The van der Waals surface area contributed by atoms with Crippen molar-refractivity contribution in [1.82, 2.24) is 19.9 Å². The number of aromatic nitrogens is 3. The van der Waals surface area contributed by atoms with Crippen LogP contribution in [0.1, 0.15) is 6.92 Å². The second kappa shape index (κ2) is 13.4. The Balaban J connectivity index is 0.000000317. The van der Waals surface area contributed by atoms with Crippen LogP contribution < -0.4 is 9.64 Å². The molecule has 0 amide bonds. The quantitative estimate of drug-likeness (QED) is 0.432. The third kappa shape index (κ3) is 8.64. The van der Waals surface area contributed by atoms with E-state index < -0.39 is 24.3 Å². The van der Waals surface area contributed by atoms with Gasteiger partial charge >= 0.3 is 24.3 Å². The summed E-state index contributed by atoms with van der Waals surface area (Å²) < 4.78 is 68.9. The van der Waals surface area contributed by atoms with Gasteiger partial charge in [-0.2, -0.15) is 26.3 Å². The lowest BCUT2D eigenvalue weighted by Gasteiger charge is -2.35. The van der Waals surface area contributed by atoms with Gasteiger partial charge in [-0.15, -0.1) is 11.3 Å². The smallest absolute Gasteiger partial charge is 0.481 e. The van der Waals surface area contributed by atoms with Crippen LogP contribution in [0.5, 0.6) is 5.88 Å². The maximum Gasteiger partial charge on any atom is 0.490 e. The van der Waals surface area contributed by atoms with Gasteiger partial charge in [0.15, 0.2) is 0 Å². The molecule has 1 fully saturated rings. The number of ether oxygens (including phenoxy) is 1. The number of carboxylic acid groups (broad SMARTS) is 2. The maximum atomic E-state index is 10.6. The van der Waals surface area contributed by atoms with Crippen molar-refractivity contribution in [1.29, 1.82) is 0 Å². The summed E-state index contributed by atoms with van der Waals surface area (Å²) in [5.74, 6) is -3.87. The van der Waals surface area contributed by atoms with Crippen LogP contribution in [-0.2, 0) is 9.59 Å². The molecule has 0 radical (unpaired) electrons. The fraction of sp³-hybridized carbons (Fsp3) is 0.409. The van der Waals surface area contributed by atoms with Gasteiger partial charge < -0.3 is 24.7 Å². The first kappa shape index (κ1) is 31.5. The molecular formula is C22H23F6N5O5S. The largest absolute Gasteiger partial charge is 0.490 e. The number of halogens is 6. The average Bonchev–Trinajstić information content (AvgIpc) is 3.32. The van der Waals surface area contributed by atoms with Gasteiger partial charge in [0.2, 0.25) is 5.88 Å². The molecule has 1 saturated heterocycles. The highest BCUT2D eigenvalue weighted by atomic mass is 32.1. The number of methoxy groups -OCH3 is 1. The van der Waals surface area contributed by atoms with Crippen LogP contribution in [0.15, 0.2) is 30.0 Å². The molecule has 3 aromatic rings. The molecule has 1 aliphatic heterocycles. The van der Waals surface area contributed by atoms with E-state index in [1.165, 1.54) is 0 Å². The molecule has 0 unspecified atom stereocenters. The van der Waals surface area contributed by atoms with Crippen molar-refractivity contribution in [3.63, 3.8) is 0 Å². The molecule has 0 bridgehead atoms. The van der Waals surface area contributed by atoms with Crippen LogP contribution >= 0.6 is 11.3 Å². The summed E-state index contributed by atoms with van der Waals surface area (Å²) in [6.45, 7) is 7.42. The van der Waals surface area contributed by atoms with Gasteiger partial charge in [-0.1, -0.05) is 6.92 Å². The summed E-state index contributed by atoms with van der Waals surface area (Å²) in [6.07, 6.45) is -6.75. The number of alkyl halides is 6. The zero-order valence-electron chi connectivity index (χ0n) is 20.5. The van der Waals surface area contributed by atoms with E-state index in [4.69, 9.17) is 24.5 Å². The highest BCUT2D eigenvalue weighted by Gasteiger charge is 2.38. The van der Waals surface area contributed by atoms with Gasteiger partial charge in [0.05, 0.1) is 12.5 Å². The van der Waals surface area contributed by atoms with Crippen LogP contribution in [0, 0.1) is 0 Å². The zero-order chi connectivity index (χ0) is 29.4. The molecule has 4 rings (SSSR count). The van der Waals surface area contributed by atoms with Crippen LogP contribution in [0.3, 0.4) is 0 Å². The lowest BCUT2D eigenvalue weighted by molar-refractivity contribution is -0.193. The molecule has 0 aromatic carbocycles. The molecular weight excluding hydrogens is 560 g/mol. The van der Waals surface area contributed by atoms with Crippen LogP contribution in [-0.4, -0.2) is 94.2 Å². The van der Waals surface area contributed by atoms with Crippen molar-refractivity contribution in [2.75, 3.05) is 44.7 Å². The average molecular weight is 584 g/mol. The van der Waals surface area contributed by atoms with E-state index in [0.717, 1.165) is 59.9 Å². The molecule has 1 aliphatic rings. The molecule has 39 heavy (non-hydrogen) atoms. The fourth-order valence-electron chi connectivity index (χ4n) is 3.33. The summed E-state index contributed by atoms with van der Waals surface area (Å²) >= 11 is 1.64. The SMILES string of the molecule is CCN1CCN(c2ncnc3scc(-c4cccnc4OC)c23)CC1.O=C(O)C(F)(F)F.O=C(O)C(F)(F)F. The number of fused-ring (bicyclic) bond motifs is 1. The van der Waals surface area contributed by atoms with E-state index in [1.807, 2.05) is 12.1 Å². The molecule has 214 valence electrons. The normalized spacial score (nSPS) is 14.1. The topological polar surface area (TPSA) is 129 Å². The second-order valence-electron chi connectivity index (χ2n) is 7.61. The number of thiophene rings is 1. The monoisotopic (exact) mass is 583 g/mol. The van der Waals surface area contributed by atoms with Crippen LogP contribution in [0.2, 0.25) is 0 Å². The molecule has 0 spiro atoms. The molecule has 0 saturated carbocycles. The Kier molecular flexibility index (Phi) is 10.8. The number of likely N-dealkylation sites (N-methyl/N-ethyl adjacent to an activating group) is 1. The second-order valence-corrected chi connectivity index (χ2v) is 8.47. The van der Waals surface area contributed by atoms with E-state index in [9.17, 15) is 26.3 Å². The number of pyridine rings is 1. The van der Waals surface area contributed by atoms with Crippen molar-refractivity contribution in [2.24, 2.45) is 0 Å². The van der Waals surface area contributed by atoms with Crippen LogP contribution in [0.4, 0.5) is 32.2 Å². The Morgan fingerprint density at radius 1 is 0.974 bits per heavy atom. The Hall–Kier alpha value is -3.73. The number of rotatable bonds is 4. The summed E-state index contributed by atoms with van der Waals surface area (Å²) in [5.41, 5.74) is 2.08. The number of anilines is 1. The highest BCUT2D eigenvalue weighted by Crippen LogP contribution is 2.40. The first-order chi connectivity index (χ1) is 18.2. The number of aliphatic carboxylic acids is 2. The summed E-state index contributed by atoms with van der Waals surface area (Å²) in [6, 6.07) is 3.98. The van der Waals surface area contributed by atoms with E-state index in [0.29, 0.717) is 5.88 Å². The van der Waals surface area contributed by atoms with E-state index in [1.54, 1.807) is 31.0 Å². The number of piperazine rings is 1. The number of nitrogens with zero attached hydrogens (tertiary/aromatic N) is 5. The minimum absolute atomic E-state index is 0.632. The molecule has 0 atom stereocenters. The maximum absolute atomic E-state index is 10.6. The lowest BCUT2D eigenvalue weighted by Crippen LogP contribution is -2.46. The standard InChI is InChI=1S/C18H21N5OS.2C2HF3O2/c1-3-22-7-9-23(10-8-22)16-15-14(11-25-18(15)21-12-20-16)13-5-4-6-19-17(13)24-2;2*3-2(4,5)1(6)7/h4-6,11-12H,3,7-10H2,1-2H3;2*(H,6,7). The van der Waals surface area contributed by atoms with Crippen molar-refractivity contribution < 1.29 is 50.9 Å². The van der Waals surface area contributed by atoms with E-state index >= 15 is 0 Å². The van der Waals surface area contributed by atoms with Gasteiger partial charge in [0, 0.05) is 48.9 Å². The molecule has 0 aliphatic carbocycles. The van der Waals surface area contributed by atoms with Crippen molar-refractivity contribution >= 4 is 39.3 Å². The van der Waals surface area contributed by atoms with Gasteiger partial charge in [-0.25, -0.2) is 24.5 Å². The van der Waals surface area contributed by atoms with E-state index in [-0.39, 0.29) is 0 Å². The minimum Gasteiger partial charge on any atom is -0.481 e. The van der Waals surface area contributed by atoms with Crippen molar-refractivity contribution in [3.8, 4) is 17.0 Å². The van der Waals surface area contributed by atoms with Crippen molar-refractivity contribution in [3.05, 3.63) is 30.0 Å². The van der Waals surface area contributed by atoms with Crippen molar-refractivity contribution in [2.45, 2.75) is 19.3 Å². The summed E-state index contributed by atoms with van der Waals surface area (Å²) in [5, 5.41) is 17.5. The number of hydrogen-bond acceptors (Lipinski definition) is 9. The minimum atomic E-state index is -5.08. The summed E-state index contributed by atoms with van der Waals surface area (Å²) in [7, 11) is 1.65. The fourth-order valence-corrected chi connectivity index (χ4v) is 4.23. The third-order valence-electron chi connectivity index (χ3n) is 5.21.